The summed E-state index contributed by atoms with van der Waals surface area (Å²) in [5.74, 6) is 0.780. The highest BCUT2D eigenvalue weighted by atomic mass is 16.6. The molecule has 2 aliphatic rings. The summed E-state index contributed by atoms with van der Waals surface area (Å²) in [6, 6.07) is 13.6. The van der Waals surface area contributed by atoms with E-state index in [2.05, 4.69) is 0 Å². The lowest BCUT2D eigenvalue weighted by atomic mass is 9.98. The predicted octanol–water partition coefficient (Wildman–Crippen LogP) is 3.34. The van der Waals surface area contributed by atoms with E-state index < -0.39 is 5.60 Å². The Kier molecular flexibility index (Phi) is 4.49. The fraction of sp³-hybridized carbons (Fsp3) is 0.364. The van der Waals surface area contributed by atoms with Crippen molar-refractivity contribution in [3.63, 3.8) is 0 Å². The third kappa shape index (κ3) is 3.19. The molecule has 0 bridgehead atoms. The molecule has 1 atom stereocenters. The Morgan fingerprint density at radius 3 is 2.68 bits per heavy atom. The molecule has 0 radical (unpaired) electrons. The number of likely N-dealkylation sites (tertiary alicyclic amines) is 1. The summed E-state index contributed by atoms with van der Waals surface area (Å²) in [5.41, 5.74) is 3.23. The molecule has 28 heavy (non-hydrogen) atoms. The molecule has 146 valence electrons. The van der Waals surface area contributed by atoms with Crippen molar-refractivity contribution in [2.75, 3.05) is 33.8 Å². The van der Waals surface area contributed by atoms with Crippen molar-refractivity contribution >= 4 is 12.0 Å². The first-order valence-corrected chi connectivity index (χ1v) is 9.39. The minimum Gasteiger partial charge on any atom is -0.497 e. The van der Waals surface area contributed by atoms with Crippen molar-refractivity contribution in [3.8, 4) is 16.9 Å². The van der Waals surface area contributed by atoms with Gasteiger partial charge in [0.15, 0.2) is 5.60 Å². The monoisotopic (exact) mass is 380 g/mol. The summed E-state index contributed by atoms with van der Waals surface area (Å²) >= 11 is 0. The molecule has 2 amide bonds. The van der Waals surface area contributed by atoms with Crippen LogP contribution in [0.5, 0.6) is 5.75 Å². The molecular weight excluding hydrogens is 356 g/mol. The van der Waals surface area contributed by atoms with E-state index in [1.807, 2.05) is 49.4 Å². The topological polar surface area (TPSA) is 59.1 Å². The van der Waals surface area contributed by atoms with Crippen LogP contribution in [0.25, 0.3) is 11.1 Å². The number of likely N-dealkylation sites (N-methyl/N-ethyl adjacent to an activating group) is 1. The molecule has 2 aromatic carbocycles. The third-order valence-electron chi connectivity index (χ3n) is 5.60. The first-order chi connectivity index (χ1) is 13.4. The fourth-order valence-corrected chi connectivity index (χ4v) is 4.11. The van der Waals surface area contributed by atoms with Gasteiger partial charge in [-0.3, -0.25) is 4.79 Å². The summed E-state index contributed by atoms with van der Waals surface area (Å²) in [4.78, 5) is 28.2. The van der Waals surface area contributed by atoms with Gasteiger partial charge in [0.2, 0.25) is 0 Å². The molecule has 2 fully saturated rings. The van der Waals surface area contributed by atoms with Gasteiger partial charge in [-0.05, 0) is 47.9 Å². The zero-order valence-corrected chi connectivity index (χ0v) is 16.4. The van der Waals surface area contributed by atoms with Crippen LogP contribution in [-0.2, 0) is 4.74 Å². The van der Waals surface area contributed by atoms with Crippen LogP contribution in [0.1, 0.15) is 22.3 Å². The van der Waals surface area contributed by atoms with E-state index in [-0.39, 0.29) is 12.0 Å². The zero-order valence-electron chi connectivity index (χ0n) is 16.4. The average Bonchev–Trinajstić information content (AvgIpc) is 3.22. The maximum Gasteiger partial charge on any atom is 0.410 e. The van der Waals surface area contributed by atoms with Crippen molar-refractivity contribution in [2.24, 2.45) is 0 Å². The Bertz CT molecular complexity index is 942. The number of benzene rings is 2. The van der Waals surface area contributed by atoms with Gasteiger partial charge in [0.1, 0.15) is 5.75 Å². The van der Waals surface area contributed by atoms with Gasteiger partial charge < -0.3 is 19.3 Å². The first-order valence-electron chi connectivity index (χ1n) is 9.39. The van der Waals surface area contributed by atoms with E-state index in [1.54, 1.807) is 24.0 Å². The number of carbonyl (C=O) groups is 2. The number of rotatable bonds is 3. The minimum atomic E-state index is -0.564. The lowest BCUT2D eigenvalue weighted by Crippen LogP contribution is -2.39. The van der Waals surface area contributed by atoms with Gasteiger partial charge in [0.25, 0.3) is 5.91 Å². The molecule has 0 aliphatic carbocycles. The molecule has 0 unspecified atom stereocenters. The van der Waals surface area contributed by atoms with Gasteiger partial charge >= 0.3 is 6.09 Å². The Labute approximate surface area is 164 Å². The highest BCUT2D eigenvalue weighted by Gasteiger charge is 2.49. The van der Waals surface area contributed by atoms with E-state index in [4.69, 9.17) is 9.47 Å². The van der Waals surface area contributed by atoms with Crippen LogP contribution in [0.3, 0.4) is 0 Å². The second kappa shape index (κ2) is 6.86. The molecule has 2 heterocycles. The van der Waals surface area contributed by atoms with Gasteiger partial charge in [-0.1, -0.05) is 18.2 Å². The predicted molar refractivity (Wildman–Crippen MR) is 106 cm³/mol. The molecule has 2 aliphatic heterocycles. The van der Waals surface area contributed by atoms with Crippen molar-refractivity contribution < 1.29 is 19.1 Å². The highest BCUT2D eigenvalue weighted by Crippen LogP contribution is 2.33. The quantitative estimate of drug-likeness (QED) is 0.820. The molecular formula is C22H24N2O4. The summed E-state index contributed by atoms with van der Waals surface area (Å²) in [5, 5.41) is 0. The van der Waals surface area contributed by atoms with Gasteiger partial charge in [-0.15, -0.1) is 0 Å². The normalized spacial score (nSPS) is 21.3. The standard InChI is InChI=1S/C22H24N2O4/c1-15-11-18(27-3)7-8-19(15)16-5-4-6-17(12-16)20(25)24-10-9-22(14-24)13-23(2)21(26)28-22/h4-8,11-12H,9-10,13-14H2,1-3H3/t22-/m0/s1. The first kappa shape index (κ1) is 18.3. The molecule has 2 saturated heterocycles. The number of aryl methyl sites for hydroxylation is 1. The summed E-state index contributed by atoms with van der Waals surface area (Å²) in [6.07, 6.45) is 0.359. The second-order valence-electron chi connectivity index (χ2n) is 7.65. The van der Waals surface area contributed by atoms with Gasteiger partial charge in [-0.25, -0.2) is 4.79 Å². The van der Waals surface area contributed by atoms with Crippen LogP contribution in [0.2, 0.25) is 0 Å². The number of amides is 2. The van der Waals surface area contributed by atoms with Crippen molar-refractivity contribution in [3.05, 3.63) is 53.6 Å². The second-order valence-corrected chi connectivity index (χ2v) is 7.65. The highest BCUT2D eigenvalue weighted by molar-refractivity contribution is 5.96. The Hall–Kier alpha value is -3.02. The maximum absolute atomic E-state index is 13.1. The average molecular weight is 380 g/mol. The zero-order chi connectivity index (χ0) is 19.9. The maximum atomic E-state index is 13.1. The van der Waals surface area contributed by atoms with E-state index in [1.165, 1.54) is 0 Å². The minimum absolute atomic E-state index is 0.0320. The Balaban J connectivity index is 1.55. The van der Waals surface area contributed by atoms with E-state index >= 15 is 0 Å². The lowest BCUT2D eigenvalue weighted by Gasteiger charge is -2.22. The molecule has 0 N–H and O–H groups in total. The summed E-state index contributed by atoms with van der Waals surface area (Å²) in [6.45, 7) is 3.58. The van der Waals surface area contributed by atoms with Gasteiger partial charge in [0.05, 0.1) is 20.2 Å². The van der Waals surface area contributed by atoms with Gasteiger partial charge in [0, 0.05) is 25.6 Å². The fourth-order valence-electron chi connectivity index (χ4n) is 4.11. The smallest absolute Gasteiger partial charge is 0.410 e. The van der Waals surface area contributed by atoms with Crippen LogP contribution in [0, 0.1) is 6.92 Å². The van der Waals surface area contributed by atoms with E-state index in [0.717, 1.165) is 22.4 Å². The molecule has 6 heteroatoms. The Morgan fingerprint density at radius 2 is 2.00 bits per heavy atom. The molecule has 4 rings (SSSR count). The number of nitrogens with zero attached hydrogens (tertiary/aromatic N) is 2. The van der Waals surface area contributed by atoms with Crippen LogP contribution in [-0.4, -0.2) is 61.2 Å². The molecule has 6 nitrogen and oxygen atoms in total. The summed E-state index contributed by atoms with van der Waals surface area (Å²) < 4.78 is 10.8. The number of ether oxygens (including phenoxy) is 2. The van der Waals surface area contributed by atoms with Crippen LogP contribution < -0.4 is 4.74 Å². The van der Waals surface area contributed by atoms with Crippen molar-refractivity contribution in [1.82, 2.24) is 9.80 Å². The largest absolute Gasteiger partial charge is 0.497 e. The number of hydrogen-bond donors (Lipinski definition) is 0. The number of hydrogen-bond acceptors (Lipinski definition) is 4. The van der Waals surface area contributed by atoms with Crippen LogP contribution >= 0.6 is 0 Å². The van der Waals surface area contributed by atoms with Crippen molar-refractivity contribution in [1.29, 1.82) is 0 Å². The van der Waals surface area contributed by atoms with Crippen LogP contribution in [0.15, 0.2) is 42.5 Å². The molecule has 0 aromatic heterocycles. The molecule has 0 saturated carbocycles. The number of carbonyl (C=O) groups excluding carboxylic acids is 2. The lowest BCUT2D eigenvalue weighted by molar-refractivity contribution is 0.0553. The molecule has 2 aromatic rings. The Morgan fingerprint density at radius 1 is 1.18 bits per heavy atom. The SMILES string of the molecule is COc1ccc(-c2cccc(C(=O)N3CC[C@]4(CN(C)C(=O)O4)C3)c2)c(C)c1. The number of methoxy groups -OCH3 is 1. The van der Waals surface area contributed by atoms with Crippen LogP contribution in [0.4, 0.5) is 4.79 Å². The molecule has 1 spiro atoms. The van der Waals surface area contributed by atoms with Crippen molar-refractivity contribution in [2.45, 2.75) is 18.9 Å². The summed E-state index contributed by atoms with van der Waals surface area (Å²) in [7, 11) is 3.37. The van der Waals surface area contributed by atoms with E-state index in [9.17, 15) is 9.59 Å². The third-order valence-corrected chi connectivity index (χ3v) is 5.60. The van der Waals surface area contributed by atoms with E-state index in [0.29, 0.717) is 31.6 Å². The van der Waals surface area contributed by atoms with Gasteiger partial charge in [-0.2, -0.15) is 0 Å².